The number of primary amides is 1. The number of nitrogens with two attached hydrogens (primary N) is 1. The summed E-state index contributed by atoms with van der Waals surface area (Å²) >= 11 is 9.30. The van der Waals surface area contributed by atoms with Crippen LogP contribution in [0.2, 0.25) is 5.02 Å². The Morgan fingerprint density at radius 2 is 2.10 bits per heavy atom. The molecule has 1 aliphatic rings. The van der Waals surface area contributed by atoms with Crippen LogP contribution in [0.15, 0.2) is 27.6 Å². The first kappa shape index (κ1) is 16.7. The normalized spacial score (nSPS) is 24.0. The molecule has 8 heteroatoms. The molecule has 0 saturated carbocycles. The van der Waals surface area contributed by atoms with Gasteiger partial charge in [-0.2, -0.15) is 4.31 Å². The van der Waals surface area contributed by atoms with Gasteiger partial charge >= 0.3 is 0 Å². The highest BCUT2D eigenvalue weighted by molar-refractivity contribution is 9.10. The van der Waals surface area contributed by atoms with E-state index >= 15 is 0 Å². The van der Waals surface area contributed by atoms with Gasteiger partial charge in [0.15, 0.2) is 0 Å². The molecule has 21 heavy (non-hydrogen) atoms. The molecule has 0 spiro atoms. The predicted molar refractivity (Wildman–Crippen MR) is 84.4 cm³/mol. The van der Waals surface area contributed by atoms with Crippen molar-refractivity contribution in [3.63, 3.8) is 0 Å². The van der Waals surface area contributed by atoms with E-state index in [2.05, 4.69) is 15.9 Å². The maximum atomic E-state index is 12.8. The van der Waals surface area contributed by atoms with Gasteiger partial charge in [-0.1, -0.05) is 27.5 Å². The topological polar surface area (TPSA) is 80.5 Å². The van der Waals surface area contributed by atoms with Crippen LogP contribution in [0.25, 0.3) is 0 Å². The number of rotatable bonds is 3. The summed E-state index contributed by atoms with van der Waals surface area (Å²) in [5.41, 5.74) is 5.31. The molecule has 2 atom stereocenters. The van der Waals surface area contributed by atoms with Crippen LogP contribution in [-0.2, 0) is 14.8 Å². The quantitative estimate of drug-likeness (QED) is 0.853. The summed E-state index contributed by atoms with van der Waals surface area (Å²) in [6.07, 6.45) is 1.21. The van der Waals surface area contributed by atoms with Crippen molar-refractivity contribution in [3.8, 4) is 0 Å². The standard InChI is InChI=1S/C13H16BrClN2O3S/c1-8-2-3-9(13(16)18)7-17(8)21(19,20)12-5-4-10(14)6-11(12)15/h4-6,8-9H,2-3,7H2,1H3,(H2,16,18). The summed E-state index contributed by atoms with van der Waals surface area (Å²) in [6, 6.07) is 4.43. The predicted octanol–water partition coefficient (Wildman–Crippen LogP) is 2.38. The smallest absolute Gasteiger partial charge is 0.244 e. The minimum Gasteiger partial charge on any atom is -0.369 e. The maximum absolute atomic E-state index is 12.8. The number of nitrogens with zero attached hydrogens (tertiary/aromatic N) is 1. The highest BCUT2D eigenvalue weighted by atomic mass is 79.9. The molecule has 2 rings (SSSR count). The van der Waals surface area contributed by atoms with E-state index in [1.165, 1.54) is 16.4 Å². The van der Waals surface area contributed by atoms with Gasteiger partial charge in [0.2, 0.25) is 15.9 Å². The second-order valence-electron chi connectivity index (χ2n) is 5.18. The van der Waals surface area contributed by atoms with E-state index in [1.54, 1.807) is 6.07 Å². The number of carbonyl (C=O) groups excluding carboxylic acids is 1. The Hall–Kier alpha value is -0.630. The second kappa shape index (κ2) is 6.24. The van der Waals surface area contributed by atoms with Gasteiger partial charge < -0.3 is 5.73 Å². The SMILES string of the molecule is CC1CCC(C(N)=O)CN1S(=O)(=O)c1ccc(Br)cc1Cl. The lowest BCUT2D eigenvalue weighted by Crippen LogP contribution is -2.48. The van der Waals surface area contributed by atoms with E-state index in [4.69, 9.17) is 17.3 Å². The van der Waals surface area contributed by atoms with Gasteiger partial charge in [0.1, 0.15) is 4.90 Å². The lowest BCUT2D eigenvalue weighted by Gasteiger charge is -2.35. The van der Waals surface area contributed by atoms with Crippen molar-refractivity contribution in [1.29, 1.82) is 0 Å². The number of benzene rings is 1. The van der Waals surface area contributed by atoms with Gasteiger partial charge in [0, 0.05) is 17.1 Å². The van der Waals surface area contributed by atoms with Crippen LogP contribution in [0, 0.1) is 5.92 Å². The first-order valence-electron chi connectivity index (χ1n) is 6.49. The third kappa shape index (κ3) is 3.41. The number of halogens is 2. The molecule has 2 N–H and O–H groups in total. The van der Waals surface area contributed by atoms with Gasteiger partial charge in [-0.15, -0.1) is 0 Å². The van der Waals surface area contributed by atoms with E-state index in [0.717, 1.165) is 0 Å². The van der Waals surface area contributed by atoms with Crippen molar-refractivity contribution in [3.05, 3.63) is 27.7 Å². The van der Waals surface area contributed by atoms with E-state index in [-0.39, 0.29) is 22.5 Å². The molecule has 0 aromatic heterocycles. The third-order valence-corrected chi connectivity index (χ3v) is 6.66. The lowest BCUT2D eigenvalue weighted by molar-refractivity contribution is -0.123. The molecular formula is C13H16BrClN2O3S. The largest absolute Gasteiger partial charge is 0.369 e. The van der Waals surface area contributed by atoms with Crippen LogP contribution in [-0.4, -0.2) is 31.2 Å². The Balaban J connectivity index is 2.39. The molecule has 5 nitrogen and oxygen atoms in total. The van der Waals surface area contributed by atoms with Crippen molar-refractivity contribution >= 4 is 43.5 Å². The highest BCUT2D eigenvalue weighted by Gasteiger charge is 2.37. The summed E-state index contributed by atoms with van der Waals surface area (Å²) < 4.78 is 27.6. The molecule has 1 fully saturated rings. The number of hydrogen-bond acceptors (Lipinski definition) is 3. The zero-order valence-electron chi connectivity index (χ0n) is 11.4. The molecule has 1 amide bonds. The van der Waals surface area contributed by atoms with Gasteiger partial charge in [0.05, 0.1) is 10.9 Å². The molecule has 2 unspecified atom stereocenters. The van der Waals surface area contributed by atoms with E-state index < -0.39 is 21.8 Å². The van der Waals surface area contributed by atoms with Crippen LogP contribution in [0.5, 0.6) is 0 Å². The Bertz CT molecular complexity index is 665. The van der Waals surface area contributed by atoms with Gasteiger partial charge in [-0.3, -0.25) is 4.79 Å². The summed E-state index contributed by atoms with van der Waals surface area (Å²) in [4.78, 5) is 11.4. The summed E-state index contributed by atoms with van der Waals surface area (Å²) in [5, 5.41) is 0.151. The molecule has 1 aliphatic heterocycles. The van der Waals surface area contributed by atoms with Gasteiger partial charge in [-0.05, 0) is 38.0 Å². The second-order valence-corrected chi connectivity index (χ2v) is 8.36. The zero-order chi connectivity index (χ0) is 15.8. The average Bonchev–Trinajstić information content (AvgIpc) is 2.38. The van der Waals surface area contributed by atoms with Crippen molar-refractivity contribution in [2.75, 3.05) is 6.54 Å². The van der Waals surface area contributed by atoms with E-state index in [9.17, 15) is 13.2 Å². The molecule has 1 heterocycles. The molecular weight excluding hydrogens is 380 g/mol. The van der Waals surface area contributed by atoms with Crippen LogP contribution >= 0.6 is 27.5 Å². The van der Waals surface area contributed by atoms with Crippen molar-refractivity contribution in [2.24, 2.45) is 11.7 Å². The molecule has 1 saturated heterocycles. The fraction of sp³-hybridized carbons (Fsp3) is 0.462. The van der Waals surface area contributed by atoms with E-state index in [0.29, 0.717) is 17.3 Å². The minimum absolute atomic E-state index is 0.0457. The minimum atomic E-state index is -3.75. The first-order chi connectivity index (χ1) is 9.73. The number of sulfonamides is 1. The maximum Gasteiger partial charge on any atom is 0.244 e. The van der Waals surface area contributed by atoms with Crippen LogP contribution in [0.3, 0.4) is 0 Å². The Kier molecular flexibility index (Phi) is 4.97. The van der Waals surface area contributed by atoms with E-state index in [1.807, 2.05) is 6.92 Å². The molecule has 0 radical (unpaired) electrons. The third-order valence-electron chi connectivity index (χ3n) is 3.71. The Morgan fingerprint density at radius 3 is 2.67 bits per heavy atom. The monoisotopic (exact) mass is 394 g/mol. The van der Waals surface area contributed by atoms with Crippen molar-refractivity contribution in [1.82, 2.24) is 4.31 Å². The van der Waals surface area contributed by atoms with Crippen LogP contribution in [0.4, 0.5) is 0 Å². The molecule has 1 aromatic rings. The molecule has 0 bridgehead atoms. The molecule has 116 valence electrons. The summed E-state index contributed by atoms with van der Waals surface area (Å²) in [5.74, 6) is -0.922. The fourth-order valence-corrected chi connectivity index (χ4v) is 5.17. The highest BCUT2D eigenvalue weighted by Crippen LogP contribution is 2.32. The average molecular weight is 396 g/mol. The first-order valence-corrected chi connectivity index (χ1v) is 9.11. The van der Waals surface area contributed by atoms with Gasteiger partial charge in [-0.25, -0.2) is 8.42 Å². The Morgan fingerprint density at radius 1 is 1.43 bits per heavy atom. The summed E-state index contributed by atoms with van der Waals surface area (Å²) in [6.45, 7) is 1.92. The number of amides is 1. The van der Waals surface area contributed by atoms with Crippen LogP contribution < -0.4 is 5.73 Å². The van der Waals surface area contributed by atoms with Gasteiger partial charge in [0.25, 0.3) is 0 Å². The lowest BCUT2D eigenvalue weighted by atomic mass is 9.95. The van der Waals surface area contributed by atoms with Crippen LogP contribution in [0.1, 0.15) is 19.8 Å². The number of carbonyl (C=O) groups is 1. The Labute approximate surface area is 137 Å². The molecule has 1 aromatic carbocycles. The molecule has 0 aliphatic carbocycles. The zero-order valence-corrected chi connectivity index (χ0v) is 14.6. The fourth-order valence-electron chi connectivity index (χ4n) is 2.45. The number of hydrogen-bond donors (Lipinski definition) is 1. The van der Waals surface area contributed by atoms with Crippen molar-refractivity contribution in [2.45, 2.75) is 30.7 Å². The van der Waals surface area contributed by atoms with Crippen molar-refractivity contribution < 1.29 is 13.2 Å². The number of piperidine rings is 1. The summed E-state index contributed by atoms with van der Waals surface area (Å²) in [7, 11) is -3.75.